The van der Waals surface area contributed by atoms with Gasteiger partial charge >= 0.3 is 0 Å². The van der Waals surface area contributed by atoms with E-state index in [-0.39, 0.29) is 16.8 Å². The SMILES string of the molecule is CS(=O)(=O)c1nc(C(=O)Nc2ccc3c(c2)CCC(=O)N3)c2ccccn12. The number of sulfone groups is 1. The molecule has 9 heteroatoms. The predicted molar refractivity (Wildman–Crippen MR) is 99.6 cm³/mol. The first-order chi connectivity index (χ1) is 12.8. The van der Waals surface area contributed by atoms with Crippen LogP contribution in [0.25, 0.3) is 5.52 Å². The van der Waals surface area contributed by atoms with E-state index in [1.54, 1.807) is 42.6 Å². The Kier molecular flexibility index (Phi) is 3.96. The third kappa shape index (κ3) is 3.17. The summed E-state index contributed by atoms with van der Waals surface area (Å²) in [5.74, 6) is -0.537. The highest BCUT2D eigenvalue weighted by atomic mass is 32.2. The third-order valence-electron chi connectivity index (χ3n) is 4.32. The van der Waals surface area contributed by atoms with Crippen LogP contribution in [0.1, 0.15) is 22.5 Å². The molecule has 0 saturated carbocycles. The normalized spacial score (nSPS) is 13.9. The molecule has 138 valence electrons. The number of amides is 2. The van der Waals surface area contributed by atoms with Gasteiger partial charge in [-0.15, -0.1) is 0 Å². The second-order valence-electron chi connectivity index (χ2n) is 6.35. The Balaban J connectivity index is 1.69. The number of carbonyl (C=O) groups is 2. The second kappa shape index (κ2) is 6.20. The zero-order chi connectivity index (χ0) is 19.2. The fourth-order valence-corrected chi connectivity index (χ4v) is 3.86. The lowest BCUT2D eigenvalue weighted by atomic mass is 10.0. The number of benzene rings is 1. The molecule has 0 unspecified atom stereocenters. The maximum absolute atomic E-state index is 12.7. The summed E-state index contributed by atoms with van der Waals surface area (Å²) in [5, 5.41) is 5.35. The van der Waals surface area contributed by atoms with E-state index in [0.717, 1.165) is 17.5 Å². The number of aromatic nitrogens is 2. The Labute approximate surface area is 155 Å². The minimum atomic E-state index is -3.60. The number of pyridine rings is 1. The number of anilines is 2. The number of hydrogen-bond acceptors (Lipinski definition) is 5. The van der Waals surface area contributed by atoms with Crippen molar-refractivity contribution in [2.75, 3.05) is 16.9 Å². The van der Waals surface area contributed by atoms with Gasteiger partial charge in [0.1, 0.15) is 0 Å². The molecule has 0 bridgehead atoms. The van der Waals surface area contributed by atoms with Gasteiger partial charge in [-0.3, -0.25) is 14.0 Å². The highest BCUT2D eigenvalue weighted by Gasteiger charge is 2.23. The van der Waals surface area contributed by atoms with Crippen LogP contribution >= 0.6 is 0 Å². The smallest absolute Gasteiger partial charge is 0.276 e. The molecule has 0 fully saturated rings. The van der Waals surface area contributed by atoms with Gasteiger partial charge in [-0.05, 0) is 42.3 Å². The van der Waals surface area contributed by atoms with E-state index in [9.17, 15) is 18.0 Å². The number of imidazole rings is 1. The molecule has 0 spiro atoms. The van der Waals surface area contributed by atoms with E-state index in [2.05, 4.69) is 15.6 Å². The van der Waals surface area contributed by atoms with Crippen LogP contribution in [0.5, 0.6) is 0 Å². The molecular weight excluding hydrogens is 368 g/mol. The number of aryl methyl sites for hydroxylation is 1. The number of hydrogen-bond donors (Lipinski definition) is 2. The minimum Gasteiger partial charge on any atom is -0.326 e. The molecule has 1 aliphatic rings. The Bertz CT molecular complexity index is 1200. The van der Waals surface area contributed by atoms with E-state index in [1.807, 2.05) is 0 Å². The van der Waals surface area contributed by atoms with E-state index in [1.165, 1.54) is 4.40 Å². The first-order valence-corrected chi connectivity index (χ1v) is 10.1. The minimum absolute atomic E-state index is 0.0297. The predicted octanol–water partition coefficient (Wildman–Crippen LogP) is 1.87. The van der Waals surface area contributed by atoms with Crippen molar-refractivity contribution in [3.8, 4) is 0 Å². The van der Waals surface area contributed by atoms with Crippen LogP contribution in [0.3, 0.4) is 0 Å². The first kappa shape index (κ1) is 17.2. The lowest BCUT2D eigenvalue weighted by Crippen LogP contribution is -2.19. The van der Waals surface area contributed by atoms with Gasteiger partial charge in [-0.2, -0.15) is 0 Å². The molecule has 0 aliphatic carbocycles. The fourth-order valence-electron chi connectivity index (χ4n) is 3.09. The lowest BCUT2D eigenvalue weighted by Gasteiger charge is -2.17. The van der Waals surface area contributed by atoms with Crippen molar-refractivity contribution in [1.82, 2.24) is 9.38 Å². The van der Waals surface area contributed by atoms with Crippen molar-refractivity contribution in [3.63, 3.8) is 0 Å². The van der Waals surface area contributed by atoms with Crippen LogP contribution in [0.15, 0.2) is 47.8 Å². The van der Waals surface area contributed by atoms with Gasteiger partial charge in [-0.1, -0.05) is 6.07 Å². The standard InChI is InChI=1S/C18H16N4O4S/c1-27(25,26)18-21-16(14-4-2-3-9-22(14)18)17(24)19-12-6-7-13-11(10-12)5-8-15(23)20-13/h2-4,6-7,9-10H,5,8H2,1H3,(H,19,24)(H,20,23). The van der Waals surface area contributed by atoms with Crippen LogP contribution in [-0.4, -0.2) is 35.9 Å². The molecule has 8 nitrogen and oxygen atoms in total. The van der Waals surface area contributed by atoms with Crippen molar-refractivity contribution >= 4 is 38.5 Å². The Hall–Kier alpha value is -3.20. The van der Waals surface area contributed by atoms with Crippen LogP contribution < -0.4 is 10.6 Å². The largest absolute Gasteiger partial charge is 0.326 e. The van der Waals surface area contributed by atoms with Crippen molar-refractivity contribution in [1.29, 1.82) is 0 Å². The van der Waals surface area contributed by atoms with E-state index in [0.29, 0.717) is 24.0 Å². The summed E-state index contributed by atoms with van der Waals surface area (Å²) in [7, 11) is -3.60. The first-order valence-electron chi connectivity index (χ1n) is 8.24. The summed E-state index contributed by atoms with van der Waals surface area (Å²) in [5.41, 5.74) is 2.64. The molecule has 1 aliphatic heterocycles. The summed E-state index contributed by atoms with van der Waals surface area (Å²) in [6.07, 6.45) is 3.59. The molecule has 2 N–H and O–H groups in total. The highest BCUT2D eigenvalue weighted by Crippen LogP contribution is 2.26. The molecule has 1 aromatic carbocycles. The Morgan fingerprint density at radius 1 is 1.22 bits per heavy atom. The molecule has 3 aromatic rings. The maximum atomic E-state index is 12.7. The summed E-state index contributed by atoms with van der Waals surface area (Å²) in [6, 6.07) is 10.2. The van der Waals surface area contributed by atoms with Gasteiger partial charge < -0.3 is 10.6 Å². The lowest BCUT2D eigenvalue weighted by molar-refractivity contribution is -0.116. The zero-order valence-electron chi connectivity index (χ0n) is 14.4. The number of carbonyl (C=O) groups excluding carboxylic acids is 2. The van der Waals surface area contributed by atoms with Gasteiger partial charge in [0.2, 0.25) is 20.9 Å². The van der Waals surface area contributed by atoms with E-state index in [4.69, 9.17) is 0 Å². The van der Waals surface area contributed by atoms with Gasteiger partial charge in [0.05, 0.1) is 5.52 Å². The summed E-state index contributed by atoms with van der Waals surface area (Å²) in [6.45, 7) is 0. The molecule has 2 amide bonds. The summed E-state index contributed by atoms with van der Waals surface area (Å²) in [4.78, 5) is 28.2. The quantitative estimate of drug-likeness (QED) is 0.716. The summed E-state index contributed by atoms with van der Waals surface area (Å²) < 4.78 is 25.3. The van der Waals surface area contributed by atoms with Crippen molar-refractivity contribution in [2.45, 2.75) is 18.0 Å². The Morgan fingerprint density at radius 2 is 2.04 bits per heavy atom. The molecule has 0 saturated heterocycles. The van der Waals surface area contributed by atoms with Gasteiger partial charge in [0.15, 0.2) is 5.69 Å². The fraction of sp³-hybridized carbons (Fsp3) is 0.167. The molecule has 0 radical (unpaired) electrons. The van der Waals surface area contributed by atoms with Gasteiger partial charge in [-0.25, -0.2) is 13.4 Å². The van der Waals surface area contributed by atoms with Crippen LogP contribution in [-0.2, 0) is 21.1 Å². The third-order valence-corrected chi connectivity index (χ3v) is 5.27. The van der Waals surface area contributed by atoms with Gasteiger partial charge in [0, 0.05) is 30.2 Å². The van der Waals surface area contributed by atoms with Crippen LogP contribution in [0, 0.1) is 0 Å². The maximum Gasteiger partial charge on any atom is 0.276 e. The molecule has 3 heterocycles. The zero-order valence-corrected chi connectivity index (χ0v) is 15.2. The van der Waals surface area contributed by atoms with E-state index < -0.39 is 15.7 Å². The topological polar surface area (TPSA) is 110 Å². The highest BCUT2D eigenvalue weighted by molar-refractivity contribution is 7.90. The number of nitrogens with zero attached hydrogens (tertiary/aromatic N) is 2. The molecule has 4 rings (SSSR count). The average Bonchev–Trinajstić information content (AvgIpc) is 3.02. The van der Waals surface area contributed by atoms with Crippen molar-refractivity contribution in [2.24, 2.45) is 0 Å². The number of fused-ring (bicyclic) bond motifs is 2. The van der Waals surface area contributed by atoms with Crippen LogP contribution in [0.4, 0.5) is 11.4 Å². The molecule has 2 aromatic heterocycles. The monoisotopic (exact) mass is 384 g/mol. The molecular formula is C18H16N4O4S. The Morgan fingerprint density at radius 3 is 2.81 bits per heavy atom. The van der Waals surface area contributed by atoms with Crippen molar-refractivity contribution < 1.29 is 18.0 Å². The molecule has 27 heavy (non-hydrogen) atoms. The van der Waals surface area contributed by atoms with Crippen molar-refractivity contribution in [3.05, 3.63) is 53.9 Å². The van der Waals surface area contributed by atoms with Crippen LogP contribution in [0.2, 0.25) is 0 Å². The number of nitrogens with one attached hydrogen (secondary N) is 2. The van der Waals surface area contributed by atoms with Gasteiger partial charge in [0.25, 0.3) is 5.91 Å². The van der Waals surface area contributed by atoms with E-state index >= 15 is 0 Å². The second-order valence-corrected chi connectivity index (χ2v) is 8.25. The average molecular weight is 384 g/mol. The molecule has 0 atom stereocenters. The summed E-state index contributed by atoms with van der Waals surface area (Å²) >= 11 is 0. The number of rotatable bonds is 3.